The maximum absolute atomic E-state index is 13.3. The molecule has 2 heterocycles. The van der Waals surface area contributed by atoms with Crippen LogP contribution >= 0.6 is 23.2 Å². The van der Waals surface area contributed by atoms with Gasteiger partial charge < -0.3 is 5.32 Å². The van der Waals surface area contributed by atoms with Gasteiger partial charge in [0.2, 0.25) is 5.91 Å². The molecule has 1 fully saturated rings. The number of rotatable bonds is 3. The first-order chi connectivity index (χ1) is 13.8. The first-order valence-corrected chi connectivity index (χ1v) is 9.97. The molecule has 0 aliphatic carbocycles. The summed E-state index contributed by atoms with van der Waals surface area (Å²) in [7, 11) is 0. The number of nitrogens with zero attached hydrogens (tertiary/aromatic N) is 2. The zero-order valence-corrected chi connectivity index (χ0v) is 17.1. The molecule has 0 aromatic heterocycles. The van der Waals surface area contributed by atoms with Gasteiger partial charge in [-0.25, -0.2) is 4.39 Å². The van der Waals surface area contributed by atoms with E-state index in [1.807, 2.05) is 11.8 Å². The quantitative estimate of drug-likeness (QED) is 0.764. The van der Waals surface area contributed by atoms with Gasteiger partial charge >= 0.3 is 0 Å². The van der Waals surface area contributed by atoms with Gasteiger partial charge in [0.1, 0.15) is 5.82 Å². The van der Waals surface area contributed by atoms with Crippen molar-refractivity contribution >= 4 is 52.0 Å². The Balaban J connectivity index is 1.45. The third-order valence-electron chi connectivity index (χ3n) is 5.30. The number of hydrogen-bond donors (Lipinski definition) is 1. The fourth-order valence-corrected chi connectivity index (χ4v) is 4.07. The van der Waals surface area contributed by atoms with Gasteiger partial charge in [0, 0.05) is 35.1 Å². The summed E-state index contributed by atoms with van der Waals surface area (Å²) < 4.78 is 13.3. The molecule has 1 N–H and O–H groups in total. The van der Waals surface area contributed by atoms with Crippen LogP contribution in [0.15, 0.2) is 35.3 Å². The number of hydrogen-bond acceptors (Lipinski definition) is 4. The minimum atomic E-state index is -0.542. The normalized spacial score (nSPS) is 18.7. The summed E-state index contributed by atoms with van der Waals surface area (Å²) in [6.07, 6.45) is 0.609. The lowest BCUT2D eigenvalue weighted by Gasteiger charge is -2.35. The number of carbonyl (C=O) groups is 2. The van der Waals surface area contributed by atoms with Crippen LogP contribution in [0.2, 0.25) is 10.0 Å². The number of fused-ring (bicyclic) bond motifs is 2. The number of benzene rings is 2. The van der Waals surface area contributed by atoms with E-state index in [1.165, 1.54) is 18.2 Å². The van der Waals surface area contributed by atoms with Crippen LogP contribution in [0.25, 0.3) is 0 Å². The van der Waals surface area contributed by atoms with Crippen molar-refractivity contribution in [2.24, 2.45) is 10.9 Å². The Morgan fingerprint density at radius 1 is 1.28 bits per heavy atom. The van der Waals surface area contributed by atoms with Crippen molar-refractivity contribution in [3.05, 3.63) is 57.3 Å². The predicted molar refractivity (Wildman–Crippen MR) is 112 cm³/mol. The summed E-state index contributed by atoms with van der Waals surface area (Å²) in [6.45, 7) is 3.03. The van der Waals surface area contributed by atoms with Gasteiger partial charge in [-0.3, -0.25) is 19.5 Å². The lowest BCUT2D eigenvalue weighted by Crippen LogP contribution is -2.47. The number of halogens is 3. The van der Waals surface area contributed by atoms with Crippen LogP contribution in [0.5, 0.6) is 0 Å². The molecular weight excluding hydrogens is 416 g/mol. The van der Waals surface area contributed by atoms with Crippen molar-refractivity contribution in [3.63, 3.8) is 0 Å². The van der Waals surface area contributed by atoms with Crippen LogP contribution in [-0.2, 0) is 4.79 Å². The van der Waals surface area contributed by atoms with Gasteiger partial charge in [-0.15, -0.1) is 0 Å². The highest BCUT2D eigenvalue weighted by atomic mass is 35.5. The average Bonchev–Trinajstić information content (AvgIpc) is 2.68. The molecule has 1 saturated heterocycles. The summed E-state index contributed by atoms with van der Waals surface area (Å²) in [4.78, 5) is 32.0. The molecule has 29 heavy (non-hydrogen) atoms. The van der Waals surface area contributed by atoms with Crippen molar-refractivity contribution in [1.29, 1.82) is 0 Å². The molecule has 2 aliphatic rings. The highest BCUT2D eigenvalue weighted by Crippen LogP contribution is 2.37. The number of carbonyl (C=O) groups excluding carboxylic acids is 2. The SMILES string of the molecule is Cc1c(Cl)ccc2c1N=C1CCN(CC(=O)Nc3ccc(F)c(Cl)c3)CC1C2=O. The van der Waals surface area contributed by atoms with Gasteiger partial charge in [0.05, 0.1) is 23.2 Å². The Morgan fingerprint density at radius 3 is 2.83 bits per heavy atom. The smallest absolute Gasteiger partial charge is 0.238 e. The van der Waals surface area contributed by atoms with E-state index in [2.05, 4.69) is 5.32 Å². The summed E-state index contributed by atoms with van der Waals surface area (Å²) in [5.41, 5.74) is 3.31. The minimum Gasteiger partial charge on any atom is -0.325 e. The molecule has 150 valence electrons. The Labute approximate surface area is 177 Å². The van der Waals surface area contributed by atoms with E-state index in [9.17, 15) is 14.0 Å². The van der Waals surface area contributed by atoms with Crippen LogP contribution in [0.3, 0.4) is 0 Å². The second kappa shape index (κ2) is 7.86. The fourth-order valence-electron chi connectivity index (χ4n) is 3.74. The number of likely N-dealkylation sites (tertiary alicyclic amines) is 1. The zero-order chi connectivity index (χ0) is 20.7. The van der Waals surface area contributed by atoms with Gasteiger partial charge in [-0.05, 0) is 49.2 Å². The van der Waals surface area contributed by atoms with Crippen LogP contribution in [-0.4, -0.2) is 41.9 Å². The van der Waals surface area contributed by atoms with Crippen LogP contribution in [0.4, 0.5) is 15.8 Å². The molecule has 2 aromatic rings. The van der Waals surface area contributed by atoms with Crippen LogP contribution in [0.1, 0.15) is 22.3 Å². The monoisotopic (exact) mass is 433 g/mol. The Kier molecular flexibility index (Phi) is 5.42. The molecule has 1 unspecified atom stereocenters. The van der Waals surface area contributed by atoms with E-state index in [1.54, 1.807) is 12.1 Å². The number of aliphatic imine (C=N–C) groups is 1. The van der Waals surface area contributed by atoms with E-state index in [-0.39, 0.29) is 29.2 Å². The van der Waals surface area contributed by atoms with Gasteiger partial charge in [-0.2, -0.15) is 0 Å². The third-order valence-corrected chi connectivity index (χ3v) is 6.00. The summed E-state index contributed by atoms with van der Waals surface area (Å²) in [6, 6.07) is 7.46. The minimum absolute atomic E-state index is 0.0141. The van der Waals surface area contributed by atoms with Crippen molar-refractivity contribution in [2.75, 3.05) is 25.0 Å². The van der Waals surface area contributed by atoms with Gasteiger partial charge in [-0.1, -0.05) is 23.2 Å². The second-order valence-electron chi connectivity index (χ2n) is 7.25. The number of anilines is 1. The van der Waals surface area contributed by atoms with Crippen molar-refractivity contribution in [2.45, 2.75) is 13.3 Å². The van der Waals surface area contributed by atoms with E-state index in [0.29, 0.717) is 41.5 Å². The summed E-state index contributed by atoms with van der Waals surface area (Å²) in [5.74, 6) is -1.13. The average molecular weight is 434 g/mol. The number of amides is 1. The molecular formula is C21H18Cl2FN3O2. The molecule has 2 aliphatic heterocycles. The van der Waals surface area contributed by atoms with Gasteiger partial charge in [0.25, 0.3) is 0 Å². The number of nitrogens with one attached hydrogen (secondary N) is 1. The topological polar surface area (TPSA) is 61.8 Å². The number of ketones is 1. The highest BCUT2D eigenvalue weighted by molar-refractivity contribution is 6.32. The summed E-state index contributed by atoms with van der Waals surface area (Å²) in [5, 5.41) is 3.25. The lowest BCUT2D eigenvalue weighted by molar-refractivity contribution is -0.117. The number of Topliss-reactive ketones (excluding diaryl/α,β-unsaturated/α-hetero) is 1. The second-order valence-corrected chi connectivity index (χ2v) is 8.07. The van der Waals surface area contributed by atoms with E-state index < -0.39 is 5.82 Å². The van der Waals surface area contributed by atoms with Crippen LogP contribution < -0.4 is 5.32 Å². The first-order valence-electron chi connectivity index (χ1n) is 9.21. The molecule has 1 atom stereocenters. The molecule has 0 bridgehead atoms. The lowest BCUT2D eigenvalue weighted by atomic mass is 9.84. The summed E-state index contributed by atoms with van der Waals surface area (Å²) >= 11 is 11.9. The molecule has 5 nitrogen and oxygen atoms in total. The molecule has 0 spiro atoms. The van der Waals surface area contributed by atoms with E-state index in [4.69, 9.17) is 28.2 Å². The van der Waals surface area contributed by atoms with E-state index in [0.717, 1.165) is 11.3 Å². The van der Waals surface area contributed by atoms with Crippen molar-refractivity contribution in [3.8, 4) is 0 Å². The fraction of sp³-hybridized carbons (Fsp3) is 0.286. The zero-order valence-electron chi connectivity index (χ0n) is 15.6. The third kappa shape index (κ3) is 3.92. The number of piperidine rings is 1. The van der Waals surface area contributed by atoms with E-state index >= 15 is 0 Å². The van der Waals surface area contributed by atoms with Gasteiger partial charge in [0.15, 0.2) is 5.78 Å². The largest absolute Gasteiger partial charge is 0.325 e. The van der Waals surface area contributed by atoms with Crippen molar-refractivity contribution < 1.29 is 14.0 Å². The maximum Gasteiger partial charge on any atom is 0.238 e. The first kappa shape index (κ1) is 20.0. The standard InChI is InChI=1S/C21H18Cl2FN3O2/c1-11-15(22)4-3-13-20(11)26-18-6-7-27(9-14(18)21(13)29)10-19(28)25-12-2-5-17(24)16(23)8-12/h2-5,8,14H,6-7,9-10H2,1H3,(H,25,28). The molecule has 0 radical (unpaired) electrons. The highest BCUT2D eigenvalue weighted by Gasteiger charge is 2.36. The molecule has 2 aromatic carbocycles. The Hall–Kier alpha value is -2.28. The Bertz CT molecular complexity index is 1050. The van der Waals surface area contributed by atoms with Crippen molar-refractivity contribution in [1.82, 2.24) is 4.90 Å². The molecule has 4 rings (SSSR count). The van der Waals surface area contributed by atoms with Crippen LogP contribution in [0, 0.1) is 18.7 Å². The predicted octanol–water partition coefficient (Wildman–Crippen LogP) is 4.67. The molecule has 1 amide bonds. The Morgan fingerprint density at radius 2 is 2.07 bits per heavy atom. The molecule has 8 heteroatoms. The molecule has 0 saturated carbocycles. The maximum atomic E-state index is 13.3.